The first-order valence-corrected chi connectivity index (χ1v) is 10.8. The van der Waals surface area contributed by atoms with Gasteiger partial charge in [0.15, 0.2) is 11.5 Å². The summed E-state index contributed by atoms with van der Waals surface area (Å²) in [5, 5.41) is 0.826. The highest BCUT2D eigenvalue weighted by Gasteiger charge is 2.30. The normalized spacial score (nSPS) is 19.4. The van der Waals surface area contributed by atoms with Crippen molar-refractivity contribution < 1.29 is 8.81 Å². The Morgan fingerprint density at radius 2 is 2.03 bits per heavy atom. The largest absolute Gasteiger partial charge is 0.422 e. The highest BCUT2D eigenvalue weighted by atomic mass is 19.1. The van der Waals surface area contributed by atoms with Crippen molar-refractivity contribution in [2.24, 2.45) is 0 Å². The molecule has 3 aromatic heterocycles. The molecule has 1 atom stereocenters. The van der Waals surface area contributed by atoms with E-state index in [9.17, 15) is 9.18 Å². The van der Waals surface area contributed by atoms with Crippen LogP contribution in [-0.2, 0) is 0 Å². The average molecular weight is 418 g/mol. The molecule has 0 bridgehead atoms. The molecular formula is C24H23FN4O2. The third-order valence-electron chi connectivity index (χ3n) is 6.59. The standard InChI is InChI=1S/C24H23FN4O2/c1-15-9-20(25)23-26-21(14-29(23)12-15)19-10-16-4-5-17(11-22(16)31-24(19)30)28-8-7-27-6-2-3-18(27)13-28/h4-5,9-12,14,18H,2-3,6-8,13H2,1H3/t18-/m0/s1. The molecular weight excluding hydrogens is 395 g/mol. The number of aryl methyl sites for hydroxylation is 1. The van der Waals surface area contributed by atoms with Gasteiger partial charge in [-0.2, -0.15) is 0 Å². The summed E-state index contributed by atoms with van der Waals surface area (Å²) in [5.41, 5.74) is 2.89. The number of benzene rings is 1. The summed E-state index contributed by atoms with van der Waals surface area (Å²) >= 11 is 0. The molecule has 2 aliphatic heterocycles. The van der Waals surface area contributed by atoms with Crippen LogP contribution in [0.4, 0.5) is 10.1 Å². The molecule has 31 heavy (non-hydrogen) atoms. The predicted octanol–water partition coefficient (Wildman–Crippen LogP) is 3.84. The smallest absolute Gasteiger partial charge is 0.345 e. The molecule has 158 valence electrons. The SMILES string of the molecule is Cc1cc(F)c2nc(-c3cc4ccc(N5CCN6CCC[C@H]6C5)cc4oc3=O)cn2c1. The zero-order valence-electron chi connectivity index (χ0n) is 17.3. The van der Waals surface area contributed by atoms with Crippen LogP contribution < -0.4 is 10.5 Å². The molecule has 0 spiro atoms. The minimum absolute atomic E-state index is 0.196. The van der Waals surface area contributed by atoms with Gasteiger partial charge in [-0.15, -0.1) is 0 Å². The maximum Gasteiger partial charge on any atom is 0.345 e. The number of pyridine rings is 1. The van der Waals surface area contributed by atoms with Crippen molar-refractivity contribution in [3.63, 3.8) is 0 Å². The molecule has 0 amide bonds. The number of halogens is 1. The second-order valence-corrected chi connectivity index (χ2v) is 8.67. The van der Waals surface area contributed by atoms with E-state index < -0.39 is 11.4 Å². The zero-order valence-corrected chi connectivity index (χ0v) is 17.3. The number of rotatable bonds is 2. The Morgan fingerprint density at radius 3 is 2.94 bits per heavy atom. The first-order valence-electron chi connectivity index (χ1n) is 10.8. The van der Waals surface area contributed by atoms with Gasteiger partial charge in [0.1, 0.15) is 5.58 Å². The van der Waals surface area contributed by atoms with E-state index in [1.165, 1.54) is 25.5 Å². The van der Waals surface area contributed by atoms with E-state index >= 15 is 0 Å². The molecule has 0 radical (unpaired) electrons. The van der Waals surface area contributed by atoms with Gasteiger partial charge in [-0.25, -0.2) is 14.2 Å². The van der Waals surface area contributed by atoms with Gasteiger partial charge in [0, 0.05) is 55.2 Å². The molecule has 6 rings (SSSR count). The van der Waals surface area contributed by atoms with E-state index in [1.807, 2.05) is 19.1 Å². The highest BCUT2D eigenvalue weighted by Crippen LogP contribution is 2.29. The fourth-order valence-electron chi connectivity index (χ4n) is 5.02. The third kappa shape index (κ3) is 3.11. The van der Waals surface area contributed by atoms with E-state index in [2.05, 4.69) is 20.9 Å². The number of aromatic nitrogens is 2. The van der Waals surface area contributed by atoms with Gasteiger partial charge in [-0.3, -0.25) is 4.90 Å². The Labute approximate surface area is 178 Å². The van der Waals surface area contributed by atoms with Crippen molar-refractivity contribution in [2.45, 2.75) is 25.8 Å². The van der Waals surface area contributed by atoms with Gasteiger partial charge >= 0.3 is 5.63 Å². The van der Waals surface area contributed by atoms with Crippen LogP contribution in [0.5, 0.6) is 0 Å². The van der Waals surface area contributed by atoms with Crippen molar-refractivity contribution in [1.82, 2.24) is 14.3 Å². The van der Waals surface area contributed by atoms with Crippen molar-refractivity contribution in [3.8, 4) is 11.3 Å². The third-order valence-corrected chi connectivity index (χ3v) is 6.59. The Balaban J connectivity index is 1.37. The number of anilines is 1. The highest BCUT2D eigenvalue weighted by molar-refractivity contribution is 5.84. The van der Waals surface area contributed by atoms with Crippen LogP contribution in [0, 0.1) is 12.7 Å². The van der Waals surface area contributed by atoms with Crippen LogP contribution in [0.1, 0.15) is 18.4 Å². The molecule has 4 aromatic rings. The van der Waals surface area contributed by atoms with Gasteiger partial charge < -0.3 is 13.7 Å². The van der Waals surface area contributed by atoms with Gasteiger partial charge in [-0.05, 0) is 56.1 Å². The molecule has 2 aliphatic rings. The second kappa shape index (κ2) is 6.92. The predicted molar refractivity (Wildman–Crippen MR) is 118 cm³/mol. The first kappa shape index (κ1) is 18.6. The number of hydrogen-bond donors (Lipinski definition) is 0. The molecule has 0 N–H and O–H groups in total. The van der Waals surface area contributed by atoms with Crippen LogP contribution in [-0.4, -0.2) is 46.5 Å². The number of hydrogen-bond acceptors (Lipinski definition) is 5. The van der Waals surface area contributed by atoms with E-state index in [4.69, 9.17) is 4.42 Å². The maximum absolute atomic E-state index is 14.2. The second-order valence-electron chi connectivity index (χ2n) is 8.67. The zero-order chi connectivity index (χ0) is 21.1. The van der Waals surface area contributed by atoms with Crippen molar-refractivity contribution in [3.05, 3.63) is 64.5 Å². The van der Waals surface area contributed by atoms with E-state index in [-0.39, 0.29) is 5.65 Å². The molecule has 6 nitrogen and oxygen atoms in total. The lowest BCUT2D eigenvalue weighted by molar-refractivity contribution is 0.231. The molecule has 7 heteroatoms. The van der Waals surface area contributed by atoms with Crippen LogP contribution in [0.3, 0.4) is 0 Å². The lowest BCUT2D eigenvalue weighted by Crippen LogP contribution is -2.50. The summed E-state index contributed by atoms with van der Waals surface area (Å²) in [4.78, 5) is 22.1. The van der Waals surface area contributed by atoms with Gasteiger partial charge in [-0.1, -0.05) is 0 Å². The molecule has 0 saturated carbocycles. The topological polar surface area (TPSA) is 54.0 Å². The Bertz CT molecular complexity index is 1380. The number of fused-ring (bicyclic) bond motifs is 3. The van der Waals surface area contributed by atoms with Gasteiger partial charge in [0.25, 0.3) is 0 Å². The van der Waals surface area contributed by atoms with Crippen LogP contribution in [0.15, 0.2) is 51.9 Å². The molecule has 0 unspecified atom stereocenters. The lowest BCUT2D eigenvalue weighted by atomic mass is 10.1. The minimum atomic E-state index is -0.467. The Kier molecular flexibility index (Phi) is 4.14. The fraction of sp³-hybridized carbons (Fsp3) is 0.333. The van der Waals surface area contributed by atoms with E-state index in [0.29, 0.717) is 22.9 Å². The Morgan fingerprint density at radius 1 is 1.13 bits per heavy atom. The summed E-state index contributed by atoms with van der Waals surface area (Å²) in [5.74, 6) is -0.413. The monoisotopic (exact) mass is 418 g/mol. The Hall–Kier alpha value is -3.19. The molecule has 2 saturated heterocycles. The molecule has 2 fully saturated rings. The summed E-state index contributed by atoms with van der Waals surface area (Å²) in [7, 11) is 0. The molecule has 5 heterocycles. The van der Waals surface area contributed by atoms with Crippen molar-refractivity contribution in [1.29, 1.82) is 0 Å². The summed E-state index contributed by atoms with van der Waals surface area (Å²) in [6.07, 6.45) is 5.98. The number of nitrogens with zero attached hydrogens (tertiary/aromatic N) is 4. The summed E-state index contributed by atoms with van der Waals surface area (Å²) in [6, 6.07) is 9.87. The van der Waals surface area contributed by atoms with Crippen molar-refractivity contribution in [2.75, 3.05) is 31.1 Å². The summed E-state index contributed by atoms with van der Waals surface area (Å²) < 4.78 is 21.5. The van der Waals surface area contributed by atoms with Gasteiger partial charge in [0.05, 0.1) is 11.3 Å². The summed E-state index contributed by atoms with van der Waals surface area (Å²) in [6.45, 7) is 6.10. The first-order chi connectivity index (χ1) is 15.0. The number of piperazine rings is 1. The quantitative estimate of drug-likeness (QED) is 0.463. The fourth-order valence-corrected chi connectivity index (χ4v) is 5.02. The lowest BCUT2D eigenvalue weighted by Gasteiger charge is -2.38. The van der Waals surface area contributed by atoms with Crippen LogP contribution in [0.2, 0.25) is 0 Å². The number of imidazole rings is 1. The van der Waals surface area contributed by atoms with Crippen LogP contribution >= 0.6 is 0 Å². The maximum atomic E-state index is 14.2. The molecule has 1 aromatic carbocycles. The van der Waals surface area contributed by atoms with E-state index in [0.717, 1.165) is 36.3 Å². The van der Waals surface area contributed by atoms with E-state index in [1.54, 1.807) is 22.9 Å². The van der Waals surface area contributed by atoms with Crippen LogP contribution in [0.25, 0.3) is 27.9 Å². The average Bonchev–Trinajstić information content (AvgIpc) is 3.39. The van der Waals surface area contributed by atoms with Gasteiger partial charge in [0.2, 0.25) is 0 Å². The van der Waals surface area contributed by atoms with Crippen molar-refractivity contribution >= 4 is 22.3 Å². The minimum Gasteiger partial charge on any atom is -0.422 e. The molecule has 0 aliphatic carbocycles.